The van der Waals surface area contributed by atoms with Gasteiger partial charge in [-0.1, -0.05) is 45.3 Å². The molecule has 0 aromatic carbocycles. The van der Waals surface area contributed by atoms with E-state index in [1.165, 1.54) is 38.5 Å². The lowest BCUT2D eigenvalue weighted by Crippen LogP contribution is -2.50. The number of fused-ring (bicyclic) bond motifs is 5. The minimum absolute atomic E-state index is 0.113. The molecule has 3 fully saturated rings. The fraction of sp³-hybridized carbons (Fsp3) is 0.926. The number of rotatable bonds is 6. The minimum atomic E-state index is -0.922. The molecule has 0 spiro atoms. The molecule has 3 N–H and O–H groups in total. The molecule has 3 nitrogen and oxygen atoms in total. The summed E-state index contributed by atoms with van der Waals surface area (Å²) in [6.07, 6.45) is 15.1. The van der Waals surface area contributed by atoms with Crippen molar-refractivity contribution < 1.29 is 15.3 Å². The number of hydrogen-bond acceptors (Lipinski definition) is 3. The minimum Gasteiger partial charge on any atom is -0.393 e. The van der Waals surface area contributed by atoms with Gasteiger partial charge in [-0.05, 0) is 105 Å². The second-order valence-corrected chi connectivity index (χ2v) is 12.4. The Morgan fingerprint density at radius 2 is 1.90 bits per heavy atom. The quantitative estimate of drug-likeness (QED) is 0.501. The summed E-state index contributed by atoms with van der Waals surface area (Å²) >= 11 is 0. The van der Waals surface area contributed by atoms with E-state index in [9.17, 15) is 15.3 Å². The van der Waals surface area contributed by atoms with Gasteiger partial charge in [0.1, 0.15) is 0 Å². The van der Waals surface area contributed by atoms with Crippen LogP contribution in [0.1, 0.15) is 98.3 Å². The highest BCUT2D eigenvalue weighted by Crippen LogP contribution is 2.67. The molecule has 172 valence electrons. The van der Waals surface area contributed by atoms with Crippen LogP contribution in [-0.2, 0) is 0 Å². The van der Waals surface area contributed by atoms with Crippen LogP contribution < -0.4 is 0 Å². The largest absolute Gasteiger partial charge is 0.393 e. The van der Waals surface area contributed by atoms with Crippen LogP contribution >= 0.6 is 0 Å². The Kier molecular flexibility index (Phi) is 6.23. The lowest BCUT2D eigenvalue weighted by Gasteiger charge is -2.58. The molecule has 0 amide bonds. The van der Waals surface area contributed by atoms with E-state index in [0.717, 1.165) is 49.4 Å². The Balaban J connectivity index is 1.45. The summed E-state index contributed by atoms with van der Waals surface area (Å²) in [7, 11) is 0. The molecule has 0 radical (unpaired) electrons. The summed E-state index contributed by atoms with van der Waals surface area (Å²) in [6, 6.07) is 0. The Morgan fingerprint density at radius 3 is 2.63 bits per heavy atom. The van der Waals surface area contributed by atoms with Crippen LogP contribution in [0.5, 0.6) is 0 Å². The van der Waals surface area contributed by atoms with Gasteiger partial charge in [-0.25, -0.2) is 0 Å². The Labute approximate surface area is 184 Å². The topological polar surface area (TPSA) is 60.7 Å². The molecule has 0 aromatic heterocycles. The fourth-order valence-electron chi connectivity index (χ4n) is 8.70. The van der Waals surface area contributed by atoms with Gasteiger partial charge in [0.2, 0.25) is 0 Å². The average Bonchev–Trinajstić information content (AvgIpc) is 3.05. The van der Waals surface area contributed by atoms with E-state index in [1.807, 2.05) is 0 Å². The summed E-state index contributed by atoms with van der Waals surface area (Å²) in [6.45, 7) is 9.19. The van der Waals surface area contributed by atoms with Gasteiger partial charge in [0.05, 0.1) is 18.3 Å². The first kappa shape index (κ1) is 22.8. The lowest BCUT2D eigenvalue weighted by molar-refractivity contribution is -0.0579. The average molecular weight is 419 g/mol. The molecule has 0 aliphatic heterocycles. The highest BCUT2D eigenvalue weighted by molar-refractivity contribution is 5.25. The monoisotopic (exact) mass is 418 g/mol. The van der Waals surface area contributed by atoms with Crippen molar-refractivity contribution in [3.05, 3.63) is 11.6 Å². The number of aliphatic hydroxyl groups excluding tert-OH is 2. The van der Waals surface area contributed by atoms with E-state index in [-0.39, 0.29) is 12.7 Å². The van der Waals surface area contributed by atoms with Crippen molar-refractivity contribution in [3.63, 3.8) is 0 Å². The number of hydrogen-bond donors (Lipinski definition) is 3. The Bertz CT molecular complexity index is 654. The van der Waals surface area contributed by atoms with Crippen LogP contribution in [0.25, 0.3) is 0 Å². The molecule has 3 saturated carbocycles. The molecule has 0 bridgehead atoms. The van der Waals surface area contributed by atoms with Crippen molar-refractivity contribution in [2.75, 3.05) is 6.61 Å². The van der Waals surface area contributed by atoms with Gasteiger partial charge in [0.15, 0.2) is 0 Å². The molecule has 4 rings (SSSR count). The third-order valence-corrected chi connectivity index (χ3v) is 10.6. The standard InChI is InChI=1S/C27H46O3/c1-18(6-5-13-25(2,30)17-28)22-9-10-23-21-8-7-19-16-20(29)11-14-26(19,3)24(21)12-15-27(22,23)4/h7,18,20-24,28-30H,5-6,8-17H2,1-4H3/t18-,20+,21?,22-,23?,24?,25?,26+,27-/m1/s1. The first-order valence-electron chi connectivity index (χ1n) is 12.8. The third-order valence-electron chi connectivity index (χ3n) is 10.6. The summed E-state index contributed by atoms with van der Waals surface area (Å²) in [5, 5.41) is 29.7. The number of allylic oxidation sites excluding steroid dienone is 1. The predicted molar refractivity (Wildman–Crippen MR) is 122 cm³/mol. The van der Waals surface area contributed by atoms with E-state index < -0.39 is 5.60 Å². The van der Waals surface area contributed by atoms with Gasteiger partial charge >= 0.3 is 0 Å². The van der Waals surface area contributed by atoms with Crippen LogP contribution in [0.3, 0.4) is 0 Å². The maximum atomic E-state index is 10.2. The molecule has 9 atom stereocenters. The van der Waals surface area contributed by atoms with E-state index in [0.29, 0.717) is 23.2 Å². The van der Waals surface area contributed by atoms with E-state index >= 15 is 0 Å². The van der Waals surface area contributed by atoms with Crippen molar-refractivity contribution in [2.24, 2.45) is 40.4 Å². The van der Waals surface area contributed by atoms with Gasteiger partial charge in [-0.2, -0.15) is 0 Å². The molecule has 4 aliphatic carbocycles. The zero-order valence-electron chi connectivity index (χ0n) is 19.9. The second-order valence-electron chi connectivity index (χ2n) is 12.4. The van der Waals surface area contributed by atoms with Gasteiger partial charge in [-0.15, -0.1) is 0 Å². The molecule has 30 heavy (non-hydrogen) atoms. The number of aliphatic hydroxyl groups is 3. The van der Waals surface area contributed by atoms with Crippen molar-refractivity contribution in [1.82, 2.24) is 0 Å². The molecule has 4 unspecified atom stereocenters. The van der Waals surface area contributed by atoms with E-state index in [4.69, 9.17) is 0 Å². The molecule has 0 aromatic rings. The highest BCUT2D eigenvalue weighted by atomic mass is 16.3. The maximum absolute atomic E-state index is 10.2. The molecule has 4 aliphatic rings. The van der Waals surface area contributed by atoms with Gasteiger partial charge < -0.3 is 15.3 Å². The second kappa shape index (κ2) is 8.19. The molecule has 0 saturated heterocycles. The predicted octanol–water partition coefficient (Wildman–Crippen LogP) is 5.48. The lowest BCUT2D eigenvalue weighted by atomic mass is 9.47. The third kappa shape index (κ3) is 3.82. The summed E-state index contributed by atoms with van der Waals surface area (Å²) in [4.78, 5) is 0. The highest BCUT2D eigenvalue weighted by Gasteiger charge is 2.59. The van der Waals surface area contributed by atoms with Crippen molar-refractivity contribution in [3.8, 4) is 0 Å². The Hall–Kier alpha value is -0.380. The van der Waals surface area contributed by atoms with Gasteiger partial charge in [0.25, 0.3) is 0 Å². The SMILES string of the molecule is C[C@H](CCCC(C)(O)CO)[C@H]1CCC2C3CC=C4C[C@@H](O)CC[C@]4(C)C3CC[C@@]21C. The van der Waals surface area contributed by atoms with E-state index in [2.05, 4.69) is 26.8 Å². The summed E-state index contributed by atoms with van der Waals surface area (Å²) in [5.41, 5.74) is 1.46. The van der Waals surface area contributed by atoms with Crippen LogP contribution in [0.2, 0.25) is 0 Å². The normalized spacial score (nSPS) is 46.2. The van der Waals surface area contributed by atoms with Crippen LogP contribution in [0.4, 0.5) is 0 Å². The maximum Gasteiger partial charge on any atom is 0.0849 e. The molecular formula is C27H46O3. The molecular weight excluding hydrogens is 372 g/mol. The van der Waals surface area contributed by atoms with Gasteiger partial charge in [0, 0.05) is 0 Å². The fourth-order valence-corrected chi connectivity index (χ4v) is 8.70. The van der Waals surface area contributed by atoms with Crippen LogP contribution in [0.15, 0.2) is 11.6 Å². The first-order valence-corrected chi connectivity index (χ1v) is 12.8. The molecule has 0 heterocycles. The molecule has 3 heteroatoms. The smallest absolute Gasteiger partial charge is 0.0849 e. The summed E-state index contributed by atoms with van der Waals surface area (Å²) < 4.78 is 0. The summed E-state index contributed by atoms with van der Waals surface area (Å²) in [5.74, 6) is 4.00. The van der Waals surface area contributed by atoms with Crippen LogP contribution in [-0.4, -0.2) is 33.6 Å². The van der Waals surface area contributed by atoms with Crippen molar-refractivity contribution in [2.45, 2.75) is 110 Å². The van der Waals surface area contributed by atoms with Crippen LogP contribution in [0, 0.1) is 40.4 Å². The zero-order valence-corrected chi connectivity index (χ0v) is 19.9. The van der Waals surface area contributed by atoms with E-state index in [1.54, 1.807) is 12.5 Å². The zero-order chi connectivity index (χ0) is 21.7. The Morgan fingerprint density at radius 1 is 1.13 bits per heavy atom. The van der Waals surface area contributed by atoms with Crippen molar-refractivity contribution in [1.29, 1.82) is 0 Å². The van der Waals surface area contributed by atoms with Crippen molar-refractivity contribution >= 4 is 0 Å². The van der Waals surface area contributed by atoms with Gasteiger partial charge in [-0.3, -0.25) is 0 Å². The first-order chi connectivity index (χ1) is 14.1.